The predicted molar refractivity (Wildman–Crippen MR) is 138 cm³/mol. The van der Waals surface area contributed by atoms with E-state index in [0.717, 1.165) is 11.1 Å². The van der Waals surface area contributed by atoms with E-state index in [-0.39, 0.29) is 30.6 Å². The molecule has 0 radical (unpaired) electrons. The van der Waals surface area contributed by atoms with Gasteiger partial charge in [-0.3, -0.25) is 14.5 Å². The molecule has 1 fully saturated rings. The number of ether oxygens (including phenoxy) is 2. The van der Waals surface area contributed by atoms with Crippen molar-refractivity contribution in [1.29, 1.82) is 0 Å². The largest absolute Gasteiger partial charge is 0.497 e. The van der Waals surface area contributed by atoms with Crippen LogP contribution in [0.2, 0.25) is 0 Å². The Morgan fingerprint density at radius 3 is 2.00 bits per heavy atom. The molecule has 9 heteroatoms. The fourth-order valence-corrected chi connectivity index (χ4v) is 4.33. The van der Waals surface area contributed by atoms with Gasteiger partial charge in [0.05, 0.1) is 27.2 Å². The molecule has 1 aliphatic heterocycles. The number of thiocarbonyl (C=S) groups is 1. The maximum Gasteiger partial charge on any atom is 0.252 e. The fourth-order valence-electron chi connectivity index (χ4n) is 3.98. The summed E-state index contributed by atoms with van der Waals surface area (Å²) in [5.74, 6) is 0.439. The minimum Gasteiger partial charge on any atom is -0.497 e. The van der Waals surface area contributed by atoms with Crippen molar-refractivity contribution in [3.8, 4) is 11.5 Å². The van der Waals surface area contributed by atoms with Gasteiger partial charge in [0.25, 0.3) is 5.91 Å². The van der Waals surface area contributed by atoms with Crippen LogP contribution in [0.1, 0.15) is 17.5 Å². The molecule has 4 rings (SSSR count). The lowest BCUT2D eigenvalue weighted by Crippen LogP contribution is -2.37. The van der Waals surface area contributed by atoms with Gasteiger partial charge in [-0.05, 0) is 71.9 Å². The first-order chi connectivity index (χ1) is 17.4. The molecule has 0 saturated carbocycles. The number of rotatable bonds is 9. The number of nitrogens with zero attached hydrogens (tertiary/aromatic N) is 2. The average Bonchev–Trinajstić information content (AvgIpc) is 3.10. The average molecular weight is 508 g/mol. The molecule has 0 aliphatic carbocycles. The summed E-state index contributed by atoms with van der Waals surface area (Å²) in [6, 6.07) is 19.5. The van der Waals surface area contributed by atoms with Gasteiger partial charge >= 0.3 is 0 Å². The fraction of sp³-hybridized carbons (Fsp3) is 0.222. The summed E-state index contributed by atoms with van der Waals surface area (Å²) >= 11 is 5.69. The summed E-state index contributed by atoms with van der Waals surface area (Å²) in [6.45, 7) is 0.530. The minimum atomic E-state index is -0.779. The molecule has 3 aromatic carbocycles. The van der Waals surface area contributed by atoms with Crippen molar-refractivity contribution in [3.05, 3.63) is 89.7 Å². The molecular weight excluding hydrogens is 481 g/mol. The standard InChI is InChI=1S/C27H26FN3O4S/c1-34-22-11-5-19(6-12-22)16-30-24(15-25(32)29-21-9-13-23(35-2)14-10-21)26(33)31(27(30)36)17-18-3-7-20(28)8-4-18/h3-14,24H,15-17H2,1-2H3,(H,29,32)/t24-/m0/s1. The second-order valence-electron chi connectivity index (χ2n) is 8.31. The Kier molecular flexibility index (Phi) is 7.80. The van der Waals surface area contributed by atoms with Crippen LogP contribution in [0.5, 0.6) is 11.5 Å². The van der Waals surface area contributed by atoms with Gasteiger partial charge < -0.3 is 19.7 Å². The number of carbonyl (C=O) groups excluding carboxylic acids is 2. The number of halogens is 1. The van der Waals surface area contributed by atoms with E-state index in [4.69, 9.17) is 21.7 Å². The number of amides is 2. The minimum absolute atomic E-state index is 0.0823. The Morgan fingerprint density at radius 2 is 1.42 bits per heavy atom. The molecular formula is C27H26FN3O4S. The van der Waals surface area contributed by atoms with Crippen molar-refractivity contribution in [2.75, 3.05) is 19.5 Å². The maximum absolute atomic E-state index is 13.5. The summed E-state index contributed by atoms with van der Waals surface area (Å²) in [4.78, 5) is 29.6. The molecule has 1 atom stereocenters. The Hall–Kier alpha value is -3.98. The number of benzene rings is 3. The van der Waals surface area contributed by atoms with E-state index in [1.165, 1.54) is 17.0 Å². The molecule has 1 heterocycles. The number of hydrogen-bond acceptors (Lipinski definition) is 5. The zero-order valence-electron chi connectivity index (χ0n) is 19.9. The number of methoxy groups -OCH3 is 2. The van der Waals surface area contributed by atoms with E-state index in [9.17, 15) is 14.0 Å². The van der Waals surface area contributed by atoms with Gasteiger partial charge in [-0.25, -0.2) is 4.39 Å². The van der Waals surface area contributed by atoms with Crippen molar-refractivity contribution < 1.29 is 23.5 Å². The van der Waals surface area contributed by atoms with Gasteiger partial charge in [0.1, 0.15) is 23.4 Å². The molecule has 0 unspecified atom stereocenters. The molecule has 3 aromatic rings. The van der Waals surface area contributed by atoms with Crippen LogP contribution in [-0.4, -0.2) is 47.0 Å². The van der Waals surface area contributed by atoms with E-state index in [1.807, 2.05) is 24.3 Å². The highest BCUT2D eigenvalue weighted by Crippen LogP contribution is 2.26. The zero-order chi connectivity index (χ0) is 25.7. The van der Waals surface area contributed by atoms with Gasteiger partial charge in [-0.1, -0.05) is 24.3 Å². The second-order valence-corrected chi connectivity index (χ2v) is 8.67. The van der Waals surface area contributed by atoms with Crippen molar-refractivity contribution in [3.63, 3.8) is 0 Å². The number of nitrogens with one attached hydrogen (secondary N) is 1. The van der Waals surface area contributed by atoms with E-state index < -0.39 is 6.04 Å². The van der Waals surface area contributed by atoms with Crippen LogP contribution in [0.15, 0.2) is 72.8 Å². The first-order valence-corrected chi connectivity index (χ1v) is 11.7. The monoisotopic (exact) mass is 507 g/mol. The molecule has 2 amide bonds. The first kappa shape index (κ1) is 25.1. The van der Waals surface area contributed by atoms with E-state index in [2.05, 4.69) is 5.32 Å². The zero-order valence-corrected chi connectivity index (χ0v) is 20.8. The van der Waals surface area contributed by atoms with Gasteiger partial charge in [-0.2, -0.15) is 0 Å². The molecule has 1 N–H and O–H groups in total. The van der Waals surface area contributed by atoms with E-state index in [0.29, 0.717) is 28.8 Å². The molecule has 0 spiro atoms. The molecule has 186 valence electrons. The number of anilines is 1. The van der Waals surface area contributed by atoms with Crippen molar-refractivity contribution >= 4 is 34.8 Å². The van der Waals surface area contributed by atoms with E-state index in [1.54, 1.807) is 55.5 Å². The second kappa shape index (κ2) is 11.2. The van der Waals surface area contributed by atoms with Crippen LogP contribution in [0.3, 0.4) is 0 Å². The highest BCUT2D eigenvalue weighted by atomic mass is 32.1. The van der Waals surface area contributed by atoms with Crippen LogP contribution in [0, 0.1) is 5.82 Å². The third-order valence-corrected chi connectivity index (χ3v) is 6.38. The Morgan fingerprint density at radius 1 is 0.889 bits per heavy atom. The summed E-state index contributed by atoms with van der Waals surface area (Å²) in [7, 11) is 3.16. The molecule has 0 aromatic heterocycles. The Bertz CT molecular complexity index is 1230. The highest BCUT2D eigenvalue weighted by Gasteiger charge is 2.43. The van der Waals surface area contributed by atoms with Crippen molar-refractivity contribution in [1.82, 2.24) is 9.80 Å². The third-order valence-electron chi connectivity index (χ3n) is 5.92. The molecule has 36 heavy (non-hydrogen) atoms. The van der Waals surface area contributed by atoms with Crippen molar-refractivity contribution in [2.45, 2.75) is 25.6 Å². The van der Waals surface area contributed by atoms with Gasteiger partial charge in [0, 0.05) is 12.2 Å². The lowest BCUT2D eigenvalue weighted by molar-refractivity contribution is -0.131. The molecule has 1 saturated heterocycles. The summed E-state index contributed by atoms with van der Waals surface area (Å²) in [5, 5.41) is 3.15. The predicted octanol–water partition coefficient (Wildman–Crippen LogP) is 4.37. The van der Waals surface area contributed by atoms with Crippen LogP contribution in [-0.2, 0) is 22.7 Å². The van der Waals surface area contributed by atoms with Gasteiger partial charge in [0.2, 0.25) is 5.91 Å². The lowest BCUT2D eigenvalue weighted by Gasteiger charge is -2.24. The summed E-state index contributed by atoms with van der Waals surface area (Å²) in [5.41, 5.74) is 2.24. The lowest BCUT2D eigenvalue weighted by atomic mass is 10.1. The Balaban J connectivity index is 1.54. The van der Waals surface area contributed by atoms with Crippen LogP contribution >= 0.6 is 12.2 Å². The quantitative estimate of drug-likeness (QED) is 0.434. The summed E-state index contributed by atoms with van der Waals surface area (Å²) < 4.78 is 23.7. The van der Waals surface area contributed by atoms with Gasteiger partial charge in [0.15, 0.2) is 5.11 Å². The molecule has 0 bridgehead atoms. The normalized spacial score (nSPS) is 15.2. The molecule has 7 nitrogen and oxygen atoms in total. The highest BCUT2D eigenvalue weighted by molar-refractivity contribution is 7.80. The third kappa shape index (κ3) is 5.80. The van der Waals surface area contributed by atoms with Crippen LogP contribution < -0.4 is 14.8 Å². The molecule has 1 aliphatic rings. The Labute approximate surface area is 214 Å². The first-order valence-electron chi connectivity index (χ1n) is 11.3. The van der Waals surface area contributed by atoms with Gasteiger partial charge in [-0.15, -0.1) is 0 Å². The number of carbonyl (C=O) groups is 2. The topological polar surface area (TPSA) is 71.1 Å². The SMILES string of the molecule is COc1ccc(CN2C(=S)N(Cc3ccc(F)cc3)C(=O)[C@@H]2CC(=O)Nc2ccc(OC)cc2)cc1. The maximum atomic E-state index is 13.5. The van der Waals surface area contributed by atoms with Crippen LogP contribution in [0.25, 0.3) is 0 Å². The number of hydrogen-bond donors (Lipinski definition) is 1. The smallest absolute Gasteiger partial charge is 0.252 e. The van der Waals surface area contributed by atoms with E-state index >= 15 is 0 Å². The summed E-state index contributed by atoms with van der Waals surface area (Å²) in [6.07, 6.45) is -0.0823. The van der Waals surface area contributed by atoms with Crippen LogP contribution in [0.4, 0.5) is 10.1 Å². The van der Waals surface area contributed by atoms with Crippen molar-refractivity contribution in [2.24, 2.45) is 0 Å².